The number of anilines is 1. The fraction of sp³-hybridized carbons (Fsp3) is 0.333. The highest BCUT2D eigenvalue weighted by molar-refractivity contribution is 5.56. The highest BCUT2D eigenvalue weighted by atomic mass is 16.5. The van der Waals surface area contributed by atoms with Gasteiger partial charge in [0, 0.05) is 39.4 Å². The van der Waals surface area contributed by atoms with Gasteiger partial charge in [-0.1, -0.05) is 24.3 Å². The lowest BCUT2D eigenvalue weighted by Crippen LogP contribution is -2.41. The van der Waals surface area contributed by atoms with Gasteiger partial charge in [0.25, 0.3) is 0 Å². The van der Waals surface area contributed by atoms with Crippen molar-refractivity contribution >= 4 is 5.69 Å². The molecule has 6 nitrogen and oxygen atoms in total. The van der Waals surface area contributed by atoms with E-state index in [0.717, 1.165) is 56.2 Å². The first kappa shape index (κ1) is 22.6. The first-order valence-electron chi connectivity index (χ1n) is 11.6. The molecule has 1 saturated heterocycles. The molecule has 0 radical (unpaired) electrons. The van der Waals surface area contributed by atoms with Gasteiger partial charge in [-0.2, -0.15) is 0 Å². The number of piperazine rings is 1. The van der Waals surface area contributed by atoms with Crippen molar-refractivity contribution in [2.75, 3.05) is 45.2 Å². The number of hydrogen-bond acceptors (Lipinski definition) is 6. The molecule has 1 saturated carbocycles. The van der Waals surface area contributed by atoms with E-state index in [2.05, 4.69) is 33.6 Å². The molecule has 0 amide bonds. The predicted molar refractivity (Wildman–Crippen MR) is 133 cm³/mol. The van der Waals surface area contributed by atoms with Gasteiger partial charge in [-0.3, -0.25) is 0 Å². The fourth-order valence-electron chi connectivity index (χ4n) is 3.82. The predicted octanol–water partition coefficient (Wildman–Crippen LogP) is 4.97. The van der Waals surface area contributed by atoms with E-state index in [0.29, 0.717) is 12.4 Å². The second kappa shape index (κ2) is 11.4. The molecule has 2 N–H and O–H groups in total. The van der Waals surface area contributed by atoms with Crippen LogP contribution in [0.5, 0.6) is 17.2 Å². The van der Waals surface area contributed by atoms with E-state index in [-0.39, 0.29) is 5.75 Å². The minimum Gasteiger partial charge on any atom is -0.504 e. The van der Waals surface area contributed by atoms with Crippen molar-refractivity contribution in [1.82, 2.24) is 9.80 Å². The molecule has 0 spiro atoms. The molecule has 2 aromatic carbocycles. The zero-order valence-corrected chi connectivity index (χ0v) is 19.2. The van der Waals surface area contributed by atoms with Crippen molar-refractivity contribution < 1.29 is 14.6 Å². The summed E-state index contributed by atoms with van der Waals surface area (Å²) in [5.41, 5.74) is 2.39. The molecule has 174 valence electrons. The van der Waals surface area contributed by atoms with Gasteiger partial charge in [-0.15, -0.1) is 0 Å². The number of para-hydroxylation sites is 4. The van der Waals surface area contributed by atoms with Crippen molar-refractivity contribution in [2.24, 2.45) is 0 Å². The second-order valence-corrected chi connectivity index (χ2v) is 8.22. The van der Waals surface area contributed by atoms with E-state index in [4.69, 9.17) is 9.47 Å². The number of hydrogen-bond donors (Lipinski definition) is 2. The number of rotatable bonds is 9. The summed E-state index contributed by atoms with van der Waals surface area (Å²) in [6.45, 7) is 4.24. The zero-order chi connectivity index (χ0) is 22.9. The Labute approximate surface area is 196 Å². The Balaban J connectivity index is 1.26. The third-order valence-corrected chi connectivity index (χ3v) is 5.98. The fourth-order valence-corrected chi connectivity index (χ4v) is 3.82. The van der Waals surface area contributed by atoms with Crippen LogP contribution in [0.1, 0.15) is 19.3 Å². The Morgan fingerprint density at radius 3 is 2.27 bits per heavy atom. The molecule has 0 aromatic heterocycles. The van der Waals surface area contributed by atoms with Crippen molar-refractivity contribution in [3.8, 4) is 17.2 Å². The van der Waals surface area contributed by atoms with Crippen molar-refractivity contribution in [3.63, 3.8) is 0 Å². The van der Waals surface area contributed by atoms with Gasteiger partial charge in [-0.25, -0.2) is 0 Å². The summed E-state index contributed by atoms with van der Waals surface area (Å²) < 4.78 is 11.9. The van der Waals surface area contributed by atoms with Crippen LogP contribution in [0.4, 0.5) is 5.69 Å². The molecule has 6 heteroatoms. The molecule has 2 fully saturated rings. The lowest BCUT2D eigenvalue weighted by Gasteiger charge is -2.33. The molecular formula is C27H33N3O3. The number of nitrogens with one attached hydrogen (secondary N) is 1. The molecule has 4 rings (SSSR count). The molecule has 2 aliphatic rings. The summed E-state index contributed by atoms with van der Waals surface area (Å²) in [5.74, 6) is 2.52. The van der Waals surface area contributed by atoms with Crippen LogP contribution in [0, 0.1) is 0 Å². The average molecular weight is 448 g/mol. The van der Waals surface area contributed by atoms with Crippen LogP contribution in [0.25, 0.3) is 0 Å². The first-order chi connectivity index (χ1) is 16.2. The Kier molecular flexibility index (Phi) is 7.80. The molecule has 1 aliphatic carbocycles. The molecule has 0 unspecified atom stereocenters. The maximum Gasteiger partial charge on any atom is 0.161 e. The third-order valence-electron chi connectivity index (χ3n) is 5.98. The Morgan fingerprint density at radius 2 is 1.61 bits per heavy atom. The quantitative estimate of drug-likeness (QED) is 0.529. The monoisotopic (exact) mass is 447 g/mol. The van der Waals surface area contributed by atoms with Crippen molar-refractivity contribution in [2.45, 2.75) is 19.3 Å². The van der Waals surface area contributed by atoms with E-state index < -0.39 is 0 Å². The standard InChI is InChI=1S/C27H33N3O3/c1-28-23-10-2-4-12-26(23)33-25(22-8-6-9-22)14-16-30-19-17-29(18-20-30)15-7-21-32-27-13-5-3-11-24(27)31/h2-5,7,10-16,28,31H,6,8-9,17-21H2,1H3/b15-7+,16-14+. The van der Waals surface area contributed by atoms with Gasteiger partial charge in [0.05, 0.1) is 5.69 Å². The SMILES string of the molecule is CNc1ccccc1OC(/C=C/N1CCN(/C=C/COc2ccccc2O)CC1)=C1CCC1. The third kappa shape index (κ3) is 6.25. The normalized spacial score (nSPS) is 16.2. The molecular weight excluding hydrogens is 414 g/mol. The molecule has 33 heavy (non-hydrogen) atoms. The largest absolute Gasteiger partial charge is 0.504 e. The summed E-state index contributed by atoms with van der Waals surface area (Å²) in [5, 5.41) is 13.0. The molecule has 1 heterocycles. The van der Waals surface area contributed by atoms with Crippen LogP contribution in [0.3, 0.4) is 0 Å². The van der Waals surface area contributed by atoms with Gasteiger partial charge in [-0.05, 0) is 67.5 Å². The van der Waals surface area contributed by atoms with Crippen LogP contribution in [-0.2, 0) is 0 Å². The zero-order valence-electron chi connectivity index (χ0n) is 19.2. The van der Waals surface area contributed by atoms with Crippen molar-refractivity contribution in [1.29, 1.82) is 0 Å². The van der Waals surface area contributed by atoms with Crippen LogP contribution in [0.2, 0.25) is 0 Å². The van der Waals surface area contributed by atoms with E-state index in [1.165, 1.54) is 12.0 Å². The summed E-state index contributed by atoms with van der Waals surface area (Å²) in [6, 6.07) is 15.1. The van der Waals surface area contributed by atoms with Gasteiger partial charge in [0.15, 0.2) is 11.5 Å². The average Bonchev–Trinajstić information content (AvgIpc) is 2.81. The number of aromatic hydroxyl groups is 1. The van der Waals surface area contributed by atoms with Crippen molar-refractivity contribution in [3.05, 3.63) is 84.4 Å². The maximum atomic E-state index is 9.75. The Bertz CT molecular complexity index is 1000. The number of phenolic OH excluding ortho intramolecular Hbond substituents is 1. The number of benzene rings is 2. The smallest absolute Gasteiger partial charge is 0.161 e. The van der Waals surface area contributed by atoms with E-state index in [1.54, 1.807) is 18.2 Å². The number of allylic oxidation sites excluding steroid dienone is 2. The summed E-state index contributed by atoms with van der Waals surface area (Å²) in [7, 11) is 1.92. The molecule has 0 bridgehead atoms. The number of phenols is 1. The number of ether oxygens (including phenoxy) is 2. The Morgan fingerprint density at radius 1 is 0.939 bits per heavy atom. The topological polar surface area (TPSA) is 57.2 Å². The van der Waals surface area contributed by atoms with Gasteiger partial charge in [0.1, 0.15) is 18.1 Å². The summed E-state index contributed by atoms with van der Waals surface area (Å²) >= 11 is 0. The highest BCUT2D eigenvalue weighted by Crippen LogP contribution is 2.33. The summed E-state index contributed by atoms with van der Waals surface area (Å²) in [6.07, 6.45) is 11.8. The van der Waals surface area contributed by atoms with Crippen LogP contribution in [0.15, 0.2) is 84.4 Å². The minimum atomic E-state index is 0.168. The lowest BCUT2D eigenvalue weighted by atomic mass is 9.91. The Hall–Kier alpha value is -3.54. The van der Waals surface area contributed by atoms with Crippen LogP contribution < -0.4 is 14.8 Å². The summed E-state index contributed by atoms with van der Waals surface area (Å²) in [4.78, 5) is 4.64. The number of nitrogens with zero attached hydrogens (tertiary/aromatic N) is 2. The van der Waals surface area contributed by atoms with E-state index in [1.807, 2.05) is 43.5 Å². The van der Waals surface area contributed by atoms with E-state index >= 15 is 0 Å². The van der Waals surface area contributed by atoms with Gasteiger partial charge < -0.3 is 29.7 Å². The highest BCUT2D eigenvalue weighted by Gasteiger charge is 2.17. The molecule has 2 aromatic rings. The van der Waals surface area contributed by atoms with E-state index in [9.17, 15) is 5.11 Å². The van der Waals surface area contributed by atoms with Crippen LogP contribution >= 0.6 is 0 Å². The minimum absolute atomic E-state index is 0.168. The van der Waals surface area contributed by atoms with Crippen LogP contribution in [-0.4, -0.2) is 54.7 Å². The van der Waals surface area contributed by atoms with Gasteiger partial charge in [0.2, 0.25) is 0 Å². The second-order valence-electron chi connectivity index (χ2n) is 8.22. The van der Waals surface area contributed by atoms with Gasteiger partial charge >= 0.3 is 0 Å². The lowest BCUT2D eigenvalue weighted by molar-refractivity contribution is 0.216. The molecule has 0 atom stereocenters. The first-order valence-corrected chi connectivity index (χ1v) is 11.6. The molecule has 1 aliphatic heterocycles. The maximum absolute atomic E-state index is 9.75.